The summed E-state index contributed by atoms with van der Waals surface area (Å²) >= 11 is 11.1. The SMILES string of the molecule is O=C(NNC(=O)c1ccc2c(=O)n(-c3ccccc3)c(=S)[nH]c2c1)c1ccc(Cl)cc1. The number of hydrazine groups is 1. The molecule has 3 N–H and O–H groups in total. The average molecular weight is 451 g/mol. The van der Waals surface area contributed by atoms with E-state index in [4.69, 9.17) is 23.8 Å². The van der Waals surface area contributed by atoms with E-state index < -0.39 is 11.8 Å². The number of nitrogens with one attached hydrogen (secondary N) is 3. The number of hydrogen-bond donors (Lipinski definition) is 3. The van der Waals surface area contributed by atoms with Crippen LogP contribution >= 0.6 is 23.8 Å². The number of fused-ring (bicyclic) bond motifs is 1. The fourth-order valence-electron chi connectivity index (χ4n) is 3.03. The molecule has 4 rings (SSSR count). The Morgan fingerprint density at radius 2 is 1.48 bits per heavy atom. The molecule has 0 bridgehead atoms. The van der Waals surface area contributed by atoms with Gasteiger partial charge in [0.15, 0.2) is 4.77 Å². The van der Waals surface area contributed by atoms with Gasteiger partial charge in [-0.25, -0.2) is 0 Å². The highest BCUT2D eigenvalue weighted by Gasteiger charge is 2.12. The second-order valence-electron chi connectivity index (χ2n) is 6.58. The van der Waals surface area contributed by atoms with Gasteiger partial charge in [0.25, 0.3) is 17.4 Å². The normalized spacial score (nSPS) is 10.6. The van der Waals surface area contributed by atoms with Crippen LogP contribution in [-0.4, -0.2) is 21.4 Å². The van der Waals surface area contributed by atoms with Crippen LogP contribution in [0.2, 0.25) is 5.02 Å². The van der Waals surface area contributed by atoms with Gasteiger partial charge in [0.05, 0.1) is 16.6 Å². The van der Waals surface area contributed by atoms with E-state index in [1.165, 1.54) is 34.9 Å². The largest absolute Gasteiger partial charge is 0.331 e. The van der Waals surface area contributed by atoms with Gasteiger partial charge in [0.1, 0.15) is 0 Å². The van der Waals surface area contributed by atoms with Crippen molar-refractivity contribution in [2.75, 3.05) is 0 Å². The van der Waals surface area contributed by atoms with Crippen LogP contribution in [0.25, 0.3) is 16.6 Å². The highest BCUT2D eigenvalue weighted by molar-refractivity contribution is 7.71. The third kappa shape index (κ3) is 4.25. The number of H-pyrrole nitrogens is 1. The minimum Gasteiger partial charge on any atom is -0.331 e. The van der Waals surface area contributed by atoms with Crippen LogP contribution in [0, 0.1) is 4.77 Å². The molecule has 31 heavy (non-hydrogen) atoms. The zero-order valence-electron chi connectivity index (χ0n) is 15.9. The summed E-state index contributed by atoms with van der Waals surface area (Å²) < 4.78 is 1.60. The van der Waals surface area contributed by atoms with E-state index in [0.29, 0.717) is 27.2 Å². The van der Waals surface area contributed by atoms with E-state index in [-0.39, 0.29) is 15.9 Å². The first-order valence-electron chi connectivity index (χ1n) is 9.15. The fraction of sp³-hybridized carbons (Fsp3) is 0. The van der Waals surface area contributed by atoms with Crippen molar-refractivity contribution >= 4 is 46.5 Å². The molecule has 0 spiro atoms. The molecule has 0 saturated carbocycles. The van der Waals surface area contributed by atoms with Gasteiger partial charge in [-0.15, -0.1) is 0 Å². The lowest BCUT2D eigenvalue weighted by atomic mass is 10.1. The van der Waals surface area contributed by atoms with E-state index in [0.717, 1.165) is 0 Å². The second kappa shape index (κ2) is 8.55. The molecule has 0 atom stereocenters. The van der Waals surface area contributed by atoms with Gasteiger partial charge >= 0.3 is 0 Å². The van der Waals surface area contributed by atoms with Crippen LogP contribution in [0.4, 0.5) is 0 Å². The number of nitrogens with zero attached hydrogens (tertiary/aromatic N) is 1. The summed E-state index contributed by atoms with van der Waals surface area (Å²) in [6, 6.07) is 19.8. The number of para-hydroxylation sites is 1. The number of hydrogen-bond acceptors (Lipinski definition) is 4. The highest BCUT2D eigenvalue weighted by atomic mass is 35.5. The van der Waals surface area contributed by atoms with Crippen molar-refractivity contribution in [1.82, 2.24) is 20.4 Å². The van der Waals surface area contributed by atoms with Crippen molar-refractivity contribution < 1.29 is 9.59 Å². The minimum absolute atomic E-state index is 0.206. The van der Waals surface area contributed by atoms with Crippen LogP contribution in [0.3, 0.4) is 0 Å². The van der Waals surface area contributed by atoms with Crippen molar-refractivity contribution in [2.24, 2.45) is 0 Å². The summed E-state index contributed by atoms with van der Waals surface area (Å²) in [7, 11) is 0. The van der Waals surface area contributed by atoms with Crippen molar-refractivity contribution in [3.8, 4) is 5.69 Å². The Bertz CT molecular complexity index is 1410. The molecule has 0 saturated heterocycles. The van der Waals surface area contributed by atoms with Crippen molar-refractivity contribution in [1.29, 1.82) is 0 Å². The number of rotatable bonds is 3. The molecule has 154 valence electrons. The fourth-order valence-corrected chi connectivity index (χ4v) is 3.45. The molecule has 9 heteroatoms. The molecule has 1 heterocycles. The molecule has 0 unspecified atom stereocenters. The van der Waals surface area contributed by atoms with E-state index in [1.54, 1.807) is 24.3 Å². The lowest BCUT2D eigenvalue weighted by Gasteiger charge is -2.10. The Kier molecular flexibility index (Phi) is 5.66. The van der Waals surface area contributed by atoms with E-state index >= 15 is 0 Å². The summed E-state index contributed by atoms with van der Waals surface area (Å²) in [6.45, 7) is 0. The Balaban J connectivity index is 1.58. The third-order valence-corrected chi connectivity index (χ3v) is 5.11. The Morgan fingerprint density at radius 1 is 0.871 bits per heavy atom. The minimum atomic E-state index is -0.546. The molecule has 3 aromatic carbocycles. The van der Waals surface area contributed by atoms with Crippen LogP contribution in [-0.2, 0) is 0 Å². The van der Waals surface area contributed by atoms with Gasteiger partial charge in [-0.05, 0) is 66.8 Å². The summed E-state index contributed by atoms with van der Waals surface area (Å²) in [4.78, 5) is 40.5. The van der Waals surface area contributed by atoms with Gasteiger partial charge in [-0.3, -0.25) is 29.8 Å². The second-order valence-corrected chi connectivity index (χ2v) is 7.40. The van der Waals surface area contributed by atoms with Crippen molar-refractivity contribution in [3.05, 3.63) is 104 Å². The maximum atomic E-state index is 12.9. The van der Waals surface area contributed by atoms with Crippen LogP contribution in [0.5, 0.6) is 0 Å². The van der Waals surface area contributed by atoms with Crippen LogP contribution < -0.4 is 16.4 Å². The summed E-state index contributed by atoms with van der Waals surface area (Å²) in [6.07, 6.45) is 0. The Morgan fingerprint density at radius 3 is 2.16 bits per heavy atom. The van der Waals surface area contributed by atoms with Gasteiger partial charge in [0.2, 0.25) is 0 Å². The van der Waals surface area contributed by atoms with E-state index in [9.17, 15) is 14.4 Å². The quantitative estimate of drug-likeness (QED) is 0.327. The number of aromatic nitrogens is 2. The topological polar surface area (TPSA) is 96.0 Å². The van der Waals surface area contributed by atoms with E-state index in [2.05, 4.69) is 15.8 Å². The number of aromatic amines is 1. The van der Waals surface area contributed by atoms with Crippen molar-refractivity contribution in [3.63, 3.8) is 0 Å². The zero-order valence-corrected chi connectivity index (χ0v) is 17.5. The summed E-state index contributed by atoms with van der Waals surface area (Å²) in [5.74, 6) is -1.04. The van der Waals surface area contributed by atoms with E-state index in [1.807, 2.05) is 18.2 Å². The smallest absolute Gasteiger partial charge is 0.269 e. The molecule has 2 amide bonds. The van der Waals surface area contributed by atoms with Gasteiger partial charge in [-0.2, -0.15) is 0 Å². The zero-order chi connectivity index (χ0) is 22.0. The molecule has 1 aromatic heterocycles. The first-order chi connectivity index (χ1) is 14.9. The monoisotopic (exact) mass is 450 g/mol. The molecule has 0 radical (unpaired) electrons. The molecular formula is C22H15ClN4O3S. The molecular weight excluding hydrogens is 436 g/mol. The molecule has 7 nitrogen and oxygen atoms in total. The molecule has 0 aliphatic carbocycles. The first kappa shape index (κ1) is 20.5. The Labute approximate surface area is 186 Å². The lowest BCUT2D eigenvalue weighted by Crippen LogP contribution is -2.41. The number of amides is 2. The molecule has 4 aromatic rings. The molecule has 0 aliphatic heterocycles. The third-order valence-electron chi connectivity index (χ3n) is 4.57. The predicted octanol–water partition coefficient (Wildman–Crippen LogP) is 3.78. The number of benzene rings is 3. The Hall–Kier alpha value is -3.75. The van der Waals surface area contributed by atoms with Gasteiger partial charge in [0, 0.05) is 16.1 Å². The first-order valence-corrected chi connectivity index (χ1v) is 9.93. The van der Waals surface area contributed by atoms with Gasteiger partial charge in [-0.1, -0.05) is 29.8 Å². The average Bonchev–Trinajstić information content (AvgIpc) is 2.78. The number of carbonyl (C=O) groups excluding carboxylic acids is 2. The maximum absolute atomic E-state index is 12.9. The molecule has 0 fully saturated rings. The van der Waals surface area contributed by atoms with Crippen molar-refractivity contribution in [2.45, 2.75) is 0 Å². The summed E-state index contributed by atoms with van der Waals surface area (Å²) in [5, 5.41) is 0.875. The van der Waals surface area contributed by atoms with Gasteiger partial charge < -0.3 is 4.98 Å². The lowest BCUT2D eigenvalue weighted by molar-refractivity contribution is 0.0847. The maximum Gasteiger partial charge on any atom is 0.269 e. The van der Waals surface area contributed by atoms with Crippen LogP contribution in [0.1, 0.15) is 20.7 Å². The van der Waals surface area contributed by atoms with Crippen LogP contribution in [0.15, 0.2) is 77.6 Å². The highest BCUT2D eigenvalue weighted by Crippen LogP contribution is 2.13. The number of halogens is 1. The number of carbonyl (C=O) groups is 2. The predicted molar refractivity (Wildman–Crippen MR) is 121 cm³/mol. The molecule has 0 aliphatic rings. The summed E-state index contributed by atoms with van der Waals surface area (Å²) in [5.41, 5.74) is 6.03. The standard InChI is InChI=1S/C22H15ClN4O3S/c23-15-9-6-13(7-10-15)19(28)25-26-20(29)14-8-11-17-18(12-14)24-22(31)27(21(17)30)16-4-2-1-3-5-16/h1-12H,(H,24,31)(H,25,28)(H,26,29).